The van der Waals surface area contributed by atoms with E-state index in [2.05, 4.69) is 26.3 Å². The van der Waals surface area contributed by atoms with Gasteiger partial charge in [-0.25, -0.2) is 9.97 Å². The van der Waals surface area contributed by atoms with Crippen molar-refractivity contribution in [1.29, 1.82) is 0 Å². The Bertz CT molecular complexity index is 724. The van der Waals surface area contributed by atoms with Crippen molar-refractivity contribution in [2.75, 3.05) is 0 Å². The van der Waals surface area contributed by atoms with Crippen LogP contribution in [0.25, 0.3) is 0 Å². The topological polar surface area (TPSA) is 67.8 Å². The van der Waals surface area contributed by atoms with E-state index in [1.54, 1.807) is 23.7 Å². The molecule has 0 saturated carbocycles. The minimum absolute atomic E-state index is 0.158. The lowest BCUT2D eigenvalue weighted by atomic mass is 10.2. The number of nitrogens with one attached hydrogen (secondary N) is 1. The third kappa shape index (κ3) is 3.55. The monoisotopic (exact) mass is 330 g/mol. The zero-order valence-electron chi connectivity index (χ0n) is 11.9. The first-order chi connectivity index (χ1) is 10.7. The van der Waals surface area contributed by atoms with Crippen LogP contribution in [0.1, 0.15) is 32.1 Å². The molecule has 3 heterocycles. The number of rotatable bonds is 5. The minimum Gasteiger partial charge on any atom is -0.341 e. The number of nitrogens with zero attached hydrogens (tertiary/aromatic N) is 3. The van der Waals surface area contributed by atoms with Gasteiger partial charge >= 0.3 is 0 Å². The number of aromatic nitrogens is 3. The average Bonchev–Trinajstić information content (AvgIpc) is 3.20. The molecule has 3 rings (SSSR count). The van der Waals surface area contributed by atoms with E-state index in [1.165, 1.54) is 22.4 Å². The molecule has 0 saturated heterocycles. The predicted molar refractivity (Wildman–Crippen MR) is 87.1 cm³/mol. The van der Waals surface area contributed by atoms with Crippen LogP contribution in [0.3, 0.4) is 0 Å². The van der Waals surface area contributed by atoms with Crippen LogP contribution in [-0.2, 0) is 6.42 Å². The summed E-state index contributed by atoms with van der Waals surface area (Å²) in [6, 6.07) is 3.91. The molecule has 0 aliphatic carbocycles. The normalized spacial score (nSPS) is 12.0. The van der Waals surface area contributed by atoms with E-state index in [0.29, 0.717) is 5.69 Å². The molecule has 3 aromatic rings. The number of thiophene rings is 1. The summed E-state index contributed by atoms with van der Waals surface area (Å²) in [6.45, 7) is 1.84. The fourth-order valence-electron chi connectivity index (χ4n) is 1.98. The highest BCUT2D eigenvalue weighted by molar-refractivity contribution is 7.10. The third-order valence-corrected chi connectivity index (χ3v) is 4.84. The number of thiazole rings is 1. The summed E-state index contributed by atoms with van der Waals surface area (Å²) in [5.74, 6) is -0.232. The first-order valence-corrected chi connectivity index (χ1v) is 8.49. The molecule has 5 nitrogen and oxygen atoms in total. The van der Waals surface area contributed by atoms with Gasteiger partial charge in [0.1, 0.15) is 10.7 Å². The largest absolute Gasteiger partial charge is 0.341 e. The molecule has 0 fully saturated rings. The van der Waals surface area contributed by atoms with E-state index in [0.717, 1.165) is 17.1 Å². The maximum absolute atomic E-state index is 12.4. The number of amides is 1. The summed E-state index contributed by atoms with van der Waals surface area (Å²) >= 11 is 3.21. The van der Waals surface area contributed by atoms with Crippen LogP contribution < -0.4 is 5.32 Å². The molecule has 0 aliphatic rings. The zero-order chi connectivity index (χ0) is 15.4. The second-order valence-corrected chi connectivity index (χ2v) is 6.68. The Morgan fingerprint density at radius 1 is 1.23 bits per heavy atom. The molecule has 0 aliphatic heterocycles. The number of carbonyl (C=O) groups excluding carboxylic acids is 1. The molecular formula is C15H14N4OS2. The molecule has 1 atom stereocenters. The summed E-state index contributed by atoms with van der Waals surface area (Å²) in [7, 11) is 0. The average molecular weight is 330 g/mol. The van der Waals surface area contributed by atoms with E-state index < -0.39 is 0 Å². The number of aryl methyl sites for hydroxylation is 1. The van der Waals surface area contributed by atoms with Gasteiger partial charge in [0.25, 0.3) is 5.91 Å². The van der Waals surface area contributed by atoms with Gasteiger partial charge in [0.05, 0.1) is 17.9 Å². The zero-order valence-corrected chi connectivity index (χ0v) is 13.5. The summed E-state index contributed by atoms with van der Waals surface area (Å²) in [4.78, 5) is 26.1. The van der Waals surface area contributed by atoms with Crippen molar-refractivity contribution in [2.45, 2.75) is 19.4 Å². The second-order valence-electron chi connectivity index (χ2n) is 4.72. The summed E-state index contributed by atoms with van der Waals surface area (Å²) in [6.07, 6.45) is 5.55. The van der Waals surface area contributed by atoms with E-state index in [-0.39, 0.29) is 11.9 Å². The Kier molecular flexibility index (Phi) is 4.55. The van der Waals surface area contributed by atoms with Gasteiger partial charge in [-0.1, -0.05) is 6.07 Å². The molecule has 0 aromatic carbocycles. The van der Waals surface area contributed by atoms with Crippen molar-refractivity contribution < 1.29 is 4.79 Å². The SMILES string of the molecule is Cc1cnc(C(=O)N[C@H](Cc2cccs2)c2nccs2)cn1. The van der Waals surface area contributed by atoms with E-state index >= 15 is 0 Å². The Hall–Kier alpha value is -2.12. The summed E-state index contributed by atoms with van der Waals surface area (Å²) in [5.41, 5.74) is 1.10. The molecule has 1 amide bonds. The minimum atomic E-state index is -0.232. The predicted octanol–water partition coefficient (Wildman–Crippen LogP) is 3.02. The maximum atomic E-state index is 12.4. The van der Waals surface area contributed by atoms with Crippen LogP contribution in [0.2, 0.25) is 0 Å². The molecule has 22 heavy (non-hydrogen) atoms. The Labute approximate surface area is 136 Å². The van der Waals surface area contributed by atoms with Crippen LogP contribution in [0.5, 0.6) is 0 Å². The lowest BCUT2D eigenvalue weighted by Crippen LogP contribution is -2.30. The van der Waals surface area contributed by atoms with Gasteiger partial charge in [-0.05, 0) is 18.4 Å². The molecule has 1 N–H and O–H groups in total. The molecule has 0 unspecified atom stereocenters. The molecule has 0 radical (unpaired) electrons. The highest BCUT2D eigenvalue weighted by Crippen LogP contribution is 2.23. The van der Waals surface area contributed by atoms with Crippen LogP contribution in [0.4, 0.5) is 0 Å². The lowest BCUT2D eigenvalue weighted by Gasteiger charge is -2.15. The lowest BCUT2D eigenvalue weighted by molar-refractivity contribution is 0.0931. The molecule has 112 valence electrons. The highest BCUT2D eigenvalue weighted by Gasteiger charge is 2.19. The molecule has 7 heteroatoms. The molecule has 0 bridgehead atoms. The fourth-order valence-corrected chi connectivity index (χ4v) is 3.42. The van der Waals surface area contributed by atoms with Crippen molar-refractivity contribution in [3.63, 3.8) is 0 Å². The molecular weight excluding hydrogens is 316 g/mol. The van der Waals surface area contributed by atoms with Crippen molar-refractivity contribution in [3.05, 3.63) is 62.8 Å². The molecule has 3 aromatic heterocycles. The van der Waals surface area contributed by atoms with Gasteiger partial charge in [0.15, 0.2) is 0 Å². The standard InChI is InChI=1S/C15H14N4OS2/c1-10-8-18-13(9-17-10)14(20)19-12(15-16-4-6-22-15)7-11-3-2-5-21-11/h2-6,8-9,12H,7H2,1H3,(H,19,20)/t12-/m1/s1. The van der Waals surface area contributed by atoms with Crippen molar-refractivity contribution in [3.8, 4) is 0 Å². The van der Waals surface area contributed by atoms with E-state index in [4.69, 9.17) is 0 Å². The van der Waals surface area contributed by atoms with Crippen LogP contribution in [0.15, 0.2) is 41.5 Å². The molecule has 0 spiro atoms. The van der Waals surface area contributed by atoms with E-state index in [9.17, 15) is 4.79 Å². The summed E-state index contributed by atoms with van der Waals surface area (Å²) < 4.78 is 0. The van der Waals surface area contributed by atoms with Gasteiger partial charge in [-0.2, -0.15) is 0 Å². The highest BCUT2D eigenvalue weighted by atomic mass is 32.1. The van der Waals surface area contributed by atoms with E-state index in [1.807, 2.05) is 23.8 Å². The van der Waals surface area contributed by atoms with Crippen molar-refractivity contribution >= 4 is 28.6 Å². The quantitative estimate of drug-likeness (QED) is 0.781. The Morgan fingerprint density at radius 2 is 2.14 bits per heavy atom. The smallest absolute Gasteiger partial charge is 0.272 e. The number of hydrogen-bond donors (Lipinski definition) is 1. The van der Waals surface area contributed by atoms with Crippen molar-refractivity contribution in [2.24, 2.45) is 0 Å². The van der Waals surface area contributed by atoms with Gasteiger partial charge in [0.2, 0.25) is 0 Å². The van der Waals surface area contributed by atoms with Crippen LogP contribution >= 0.6 is 22.7 Å². The van der Waals surface area contributed by atoms with Crippen LogP contribution in [0, 0.1) is 6.92 Å². The second kappa shape index (κ2) is 6.76. The Balaban J connectivity index is 1.77. The van der Waals surface area contributed by atoms with Gasteiger partial charge < -0.3 is 5.32 Å². The Morgan fingerprint density at radius 3 is 2.77 bits per heavy atom. The van der Waals surface area contributed by atoms with Crippen LogP contribution in [-0.4, -0.2) is 20.9 Å². The maximum Gasteiger partial charge on any atom is 0.272 e. The number of carbonyl (C=O) groups is 1. The summed E-state index contributed by atoms with van der Waals surface area (Å²) in [5, 5.41) is 7.84. The first-order valence-electron chi connectivity index (χ1n) is 6.73. The fraction of sp³-hybridized carbons (Fsp3) is 0.200. The van der Waals surface area contributed by atoms with Gasteiger partial charge in [-0.3, -0.25) is 9.78 Å². The van der Waals surface area contributed by atoms with Crippen molar-refractivity contribution in [1.82, 2.24) is 20.3 Å². The van der Waals surface area contributed by atoms with Gasteiger partial charge in [0, 0.05) is 29.1 Å². The number of hydrogen-bond acceptors (Lipinski definition) is 6. The first kappa shape index (κ1) is 14.8. The third-order valence-electron chi connectivity index (χ3n) is 3.05. The van der Waals surface area contributed by atoms with Gasteiger partial charge in [-0.15, -0.1) is 22.7 Å².